The molecule has 0 radical (unpaired) electrons. The Balaban J connectivity index is 0. The van der Waals surface area contributed by atoms with Crippen molar-refractivity contribution in [2.24, 2.45) is 5.73 Å². The summed E-state index contributed by atoms with van der Waals surface area (Å²) >= 11 is 0. The Hall–Kier alpha value is -0.170. The summed E-state index contributed by atoms with van der Waals surface area (Å²) in [6.45, 7) is 3.14. The van der Waals surface area contributed by atoms with Crippen molar-refractivity contribution >= 4 is 10.4 Å². The van der Waals surface area contributed by atoms with Crippen LogP contribution in [-0.4, -0.2) is 26.6 Å². The molecule has 0 aliphatic heterocycles. The molecule has 0 heterocycles. The summed E-state index contributed by atoms with van der Waals surface area (Å²) < 4.78 is 29.7. The highest BCUT2D eigenvalue weighted by Crippen LogP contribution is 2.08. The van der Waals surface area contributed by atoms with Gasteiger partial charge < -0.3 is 5.73 Å². The smallest absolute Gasteiger partial charge is 0.330 e. The topological polar surface area (TPSA) is 89.6 Å². The van der Waals surface area contributed by atoms with Crippen LogP contribution in [0.25, 0.3) is 0 Å². The number of rotatable bonds is 10. The van der Waals surface area contributed by atoms with Gasteiger partial charge in [0, 0.05) is 0 Å². The van der Waals surface area contributed by atoms with Gasteiger partial charge >= 0.3 is 10.4 Å². The first-order valence-corrected chi connectivity index (χ1v) is 8.07. The second-order valence-electron chi connectivity index (χ2n) is 4.21. The Bertz CT molecular complexity index is 232. The van der Waals surface area contributed by atoms with Gasteiger partial charge in [-0.3, -0.25) is 8.74 Å². The molecular weight excluding hydrogens is 254 g/mol. The molecule has 0 aromatic rings. The first kappa shape index (κ1) is 20.2. The van der Waals surface area contributed by atoms with E-state index in [9.17, 15) is 8.42 Å². The fourth-order valence-electron chi connectivity index (χ4n) is 1.45. The van der Waals surface area contributed by atoms with Crippen molar-refractivity contribution in [2.75, 3.05) is 13.7 Å². The molecule has 0 saturated carbocycles. The number of hydrogen-bond acceptors (Lipinski definition) is 4. The molecule has 5 nitrogen and oxygen atoms in total. The van der Waals surface area contributed by atoms with E-state index in [1.807, 2.05) is 0 Å². The van der Waals surface area contributed by atoms with E-state index in [0.717, 1.165) is 13.7 Å². The van der Waals surface area contributed by atoms with Crippen molar-refractivity contribution in [3.05, 3.63) is 0 Å². The van der Waals surface area contributed by atoms with Crippen LogP contribution < -0.4 is 5.73 Å². The summed E-state index contributed by atoms with van der Waals surface area (Å²) in [5, 5.41) is 0. The average molecular weight is 283 g/mol. The molecule has 112 valence electrons. The lowest BCUT2D eigenvalue weighted by molar-refractivity contribution is 0.324. The second kappa shape index (κ2) is 14.9. The van der Waals surface area contributed by atoms with Gasteiger partial charge in [-0.15, -0.1) is 0 Å². The molecule has 0 rings (SSSR count). The van der Waals surface area contributed by atoms with E-state index in [1.54, 1.807) is 0 Å². The van der Waals surface area contributed by atoms with E-state index in [4.69, 9.17) is 10.3 Å². The quantitative estimate of drug-likeness (QED) is 0.475. The summed E-state index contributed by atoms with van der Waals surface area (Å²) in [4.78, 5) is 0. The standard InChI is InChI=1S/C11H25N.CH4O4S/c1-2-3-4-5-6-7-8-9-10-11-12;1-5-6(2,3)4/h2-12H2,1H3;1H3,(H,2,3,4). The van der Waals surface area contributed by atoms with E-state index in [-0.39, 0.29) is 0 Å². The molecular formula is C12H29NO4S. The zero-order chi connectivity index (χ0) is 14.3. The Labute approximate surface area is 112 Å². The second-order valence-corrected chi connectivity index (χ2v) is 5.40. The van der Waals surface area contributed by atoms with Crippen molar-refractivity contribution < 1.29 is 17.2 Å². The van der Waals surface area contributed by atoms with Crippen LogP contribution in [0.15, 0.2) is 0 Å². The molecule has 0 spiro atoms. The molecule has 0 bridgehead atoms. The third kappa shape index (κ3) is 24.9. The highest BCUT2D eigenvalue weighted by atomic mass is 32.3. The first-order valence-electron chi connectivity index (χ1n) is 6.71. The molecule has 0 fully saturated rings. The van der Waals surface area contributed by atoms with Crippen LogP contribution in [0.5, 0.6) is 0 Å². The Morgan fingerprint density at radius 2 is 1.28 bits per heavy atom. The lowest BCUT2D eigenvalue weighted by Gasteiger charge is -1.99. The van der Waals surface area contributed by atoms with E-state index >= 15 is 0 Å². The van der Waals surface area contributed by atoms with Crippen molar-refractivity contribution in [1.82, 2.24) is 0 Å². The minimum absolute atomic E-state index is 0.870. The van der Waals surface area contributed by atoms with E-state index < -0.39 is 10.4 Å². The maximum Gasteiger partial charge on any atom is 0.397 e. The molecule has 18 heavy (non-hydrogen) atoms. The predicted octanol–water partition coefficient (Wildman–Crippen LogP) is 2.91. The highest BCUT2D eigenvalue weighted by Gasteiger charge is 1.94. The average Bonchev–Trinajstić information content (AvgIpc) is 2.33. The monoisotopic (exact) mass is 283 g/mol. The van der Waals surface area contributed by atoms with Crippen LogP contribution in [-0.2, 0) is 14.6 Å². The number of nitrogens with two attached hydrogens (primary N) is 1. The van der Waals surface area contributed by atoms with Gasteiger partial charge in [0.25, 0.3) is 0 Å². The van der Waals surface area contributed by atoms with Gasteiger partial charge in [-0.25, -0.2) is 0 Å². The van der Waals surface area contributed by atoms with Gasteiger partial charge in [0.05, 0.1) is 7.11 Å². The van der Waals surface area contributed by atoms with Gasteiger partial charge in [0.15, 0.2) is 0 Å². The van der Waals surface area contributed by atoms with E-state index in [0.29, 0.717) is 0 Å². The molecule has 0 aliphatic carbocycles. The zero-order valence-corrected chi connectivity index (χ0v) is 12.5. The van der Waals surface area contributed by atoms with Crippen molar-refractivity contribution in [2.45, 2.75) is 64.7 Å². The fourth-order valence-corrected chi connectivity index (χ4v) is 1.45. The summed E-state index contributed by atoms with van der Waals surface area (Å²) in [6.07, 6.45) is 12.5. The Morgan fingerprint density at radius 3 is 1.56 bits per heavy atom. The molecule has 0 saturated heterocycles. The lowest BCUT2D eigenvalue weighted by atomic mass is 10.1. The van der Waals surface area contributed by atoms with Gasteiger partial charge in [0.1, 0.15) is 0 Å². The summed E-state index contributed by atoms with van der Waals surface area (Å²) in [6, 6.07) is 0. The number of hydrogen-bond donors (Lipinski definition) is 2. The lowest BCUT2D eigenvalue weighted by Crippen LogP contribution is -1.97. The van der Waals surface area contributed by atoms with Gasteiger partial charge in [-0.1, -0.05) is 58.3 Å². The number of unbranched alkanes of at least 4 members (excludes halogenated alkanes) is 8. The van der Waals surface area contributed by atoms with Crippen molar-refractivity contribution in [3.8, 4) is 0 Å². The zero-order valence-electron chi connectivity index (χ0n) is 11.7. The molecule has 6 heteroatoms. The third-order valence-corrected chi connectivity index (χ3v) is 2.94. The van der Waals surface area contributed by atoms with E-state index in [2.05, 4.69) is 11.1 Å². The maximum absolute atomic E-state index is 9.33. The highest BCUT2D eigenvalue weighted by molar-refractivity contribution is 7.80. The molecule has 3 N–H and O–H groups in total. The minimum atomic E-state index is -4.16. The van der Waals surface area contributed by atoms with Crippen LogP contribution in [0.2, 0.25) is 0 Å². The van der Waals surface area contributed by atoms with Crippen molar-refractivity contribution in [3.63, 3.8) is 0 Å². The molecule has 0 aliphatic rings. The Morgan fingerprint density at radius 1 is 0.944 bits per heavy atom. The Kier molecular flexibility index (Phi) is 16.7. The van der Waals surface area contributed by atoms with Crippen LogP contribution >= 0.6 is 0 Å². The largest absolute Gasteiger partial charge is 0.397 e. The van der Waals surface area contributed by atoms with Gasteiger partial charge in [-0.05, 0) is 13.0 Å². The summed E-state index contributed by atoms with van der Waals surface area (Å²) in [7, 11) is -3.29. The first-order chi connectivity index (χ1) is 8.47. The third-order valence-electron chi connectivity index (χ3n) is 2.52. The van der Waals surface area contributed by atoms with Crippen LogP contribution in [0, 0.1) is 0 Å². The van der Waals surface area contributed by atoms with Crippen molar-refractivity contribution in [1.29, 1.82) is 0 Å². The van der Waals surface area contributed by atoms with Crippen LogP contribution in [0.4, 0.5) is 0 Å². The van der Waals surface area contributed by atoms with Gasteiger partial charge in [0.2, 0.25) is 0 Å². The van der Waals surface area contributed by atoms with E-state index in [1.165, 1.54) is 57.8 Å². The van der Waals surface area contributed by atoms with Crippen LogP contribution in [0.1, 0.15) is 64.7 Å². The molecule has 0 atom stereocenters. The summed E-state index contributed by atoms with van der Waals surface area (Å²) in [5.41, 5.74) is 5.41. The molecule has 0 aromatic carbocycles. The van der Waals surface area contributed by atoms with Crippen LogP contribution in [0.3, 0.4) is 0 Å². The minimum Gasteiger partial charge on any atom is -0.330 e. The maximum atomic E-state index is 9.33. The summed E-state index contributed by atoms with van der Waals surface area (Å²) in [5.74, 6) is 0. The molecule has 0 amide bonds. The van der Waals surface area contributed by atoms with Gasteiger partial charge in [-0.2, -0.15) is 8.42 Å². The normalized spacial score (nSPS) is 10.9. The molecule has 0 aromatic heterocycles. The molecule has 0 unspecified atom stereocenters. The predicted molar refractivity (Wildman–Crippen MR) is 74.8 cm³/mol. The fraction of sp³-hybridized carbons (Fsp3) is 1.00. The SMILES string of the molecule is CCCCCCCCCCCN.COS(=O)(=O)O.